The molecular weight excluding hydrogens is 287 g/mol. The van der Waals surface area contributed by atoms with Gasteiger partial charge in [-0.2, -0.15) is 0 Å². The van der Waals surface area contributed by atoms with Crippen molar-refractivity contribution in [2.75, 3.05) is 0 Å². The van der Waals surface area contributed by atoms with E-state index in [1.807, 2.05) is 0 Å². The molecule has 1 N–H and O–H groups in total. The van der Waals surface area contributed by atoms with E-state index in [1.165, 1.54) is 12.1 Å². The molecule has 0 aliphatic carbocycles. The second-order valence-corrected chi connectivity index (χ2v) is 5.31. The summed E-state index contributed by atoms with van der Waals surface area (Å²) in [5.74, 6) is 0.0709. The lowest BCUT2D eigenvalue weighted by Gasteiger charge is -2.20. The molecule has 2 aromatic rings. The fourth-order valence-electron chi connectivity index (χ4n) is 2.23. The van der Waals surface area contributed by atoms with Gasteiger partial charge in [0.2, 0.25) is 5.60 Å². The van der Waals surface area contributed by atoms with Crippen molar-refractivity contribution in [2.45, 2.75) is 25.5 Å². The van der Waals surface area contributed by atoms with E-state index in [1.54, 1.807) is 37.5 Å². The first kappa shape index (κ1) is 14.3. The summed E-state index contributed by atoms with van der Waals surface area (Å²) in [5.41, 5.74) is 0.288. The van der Waals surface area contributed by atoms with Crippen LogP contribution in [0.4, 0.5) is 4.39 Å². The number of carbonyl (C=O) groups is 1. The Bertz CT molecular complexity index is 695. The summed E-state index contributed by atoms with van der Waals surface area (Å²) in [5, 5.41) is 6.72. The van der Waals surface area contributed by atoms with E-state index in [2.05, 4.69) is 10.5 Å². The molecule has 0 spiro atoms. The molecule has 114 valence electrons. The summed E-state index contributed by atoms with van der Waals surface area (Å²) in [6.45, 7) is 1.96. The van der Waals surface area contributed by atoms with E-state index >= 15 is 0 Å². The van der Waals surface area contributed by atoms with Crippen molar-refractivity contribution in [3.63, 3.8) is 0 Å². The molecule has 0 radical (unpaired) electrons. The van der Waals surface area contributed by atoms with Crippen LogP contribution in [0.25, 0.3) is 0 Å². The fraction of sp³-hybridized carbons (Fsp3) is 0.250. The van der Waals surface area contributed by atoms with Crippen LogP contribution in [0.5, 0.6) is 0 Å². The van der Waals surface area contributed by atoms with Gasteiger partial charge in [0, 0.05) is 6.42 Å². The molecule has 22 heavy (non-hydrogen) atoms. The standard InChI is InChI=1S/C16H15FN2O3/c1-16(15(20)18-10-13-3-2-8-21-13)9-14(19-22-16)11-4-6-12(17)7-5-11/h2-8H,9-10H2,1H3,(H,18,20)/t16-/m0/s1. The smallest absolute Gasteiger partial charge is 0.267 e. The monoisotopic (exact) mass is 302 g/mol. The zero-order valence-corrected chi connectivity index (χ0v) is 12.0. The summed E-state index contributed by atoms with van der Waals surface area (Å²) in [6, 6.07) is 9.46. The SMILES string of the molecule is C[C@@]1(C(=O)NCc2ccco2)CC(c2ccc(F)cc2)=NO1. The lowest BCUT2D eigenvalue weighted by molar-refractivity contribution is -0.141. The largest absolute Gasteiger partial charge is 0.467 e. The molecule has 5 nitrogen and oxygen atoms in total. The number of hydrogen-bond donors (Lipinski definition) is 1. The number of rotatable bonds is 4. The predicted molar refractivity (Wildman–Crippen MR) is 77.6 cm³/mol. The molecule has 3 rings (SSSR count). The zero-order valence-electron chi connectivity index (χ0n) is 12.0. The van der Waals surface area contributed by atoms with Gasteiger partial charge in [0.05, 0.1) is 18.5 Å². The Hall–Kier alpha value is -2.63. The van der Waals surface area contributed by atoms with Gasteiger partial charge in [0.15, 0.2) is 0 Å². The highest BCUT2D eigenvalue weighted by Crippen LogP contribution is 2.27. The minimum Gasteiger partial charge on any atom is -0.467 e. The first-order valence-corrected chi connectivity index (χ1v) is 6.88. The number of halogens is 1. The Labute approximate surface area is 126 Å². The van der Waals surface area contributed by atoms with Gasteiger partial charge in [-0.25, -0.2) is 4.39 Å². The third-order valence-electron chi connectivity index (χ3n) is 3.52. The highest BCUT2D eigenvalue weighted by atomic mass is 19.1. The number of nitrogens with one attached hydrogen (secondary N) is 1. The highest BCUT2D eigenvalue weighted by molar-refractivity contribution is 6.05. The van der Waals surface area contributed by atoms with Crippen LogP contribution in [0.3, 0.4) is 0 Å². The summed E-state index contributed by atoms with van der Waals surface area (Å²) in [6.07, 6.45) is 1.87. The number of carbonyl (C=O) groups excluding carboxylic acids is 1. The molecule has 0 unspecified atom stereocenters. The third-order valence-corrected chi connectivity index (χ3v) is 3.52. The van der Waals surface area contributed by atoms with Crippen LogP contribution in [0.2, 0.25) is 0 Å². The minimum absolute atomic E-state index is 0.273. The first-order valence-electron chi connectivity index (χ1n) is 6.88. The Morgan fingerprint density at radius 3 is 2.82 bits per heavy atom. The summed E-state index contributed by atoms with van der Waals surface area (Å²) in [4.78, 5) is 17.6. The number of nitrogens with zero attached hydrogens (tertiary/aromatic N) is 1. The number of benzene rings is 1. The Morgan fingerprint density at radius 2 is 2.14 bits per heavy atom. The average molecular weight is 302 g/mol. The van der Waals surface area contributed by atoms with Crippen LogP contribution in [0, 0.1) is 5.82 Å². The van der Waals surface area contributed by atoms with E-state index in [0.29, 0.717) is 17.9 Å². The molecule has 1 aliphatic heterocycles. The van der Waals surface area contributed by atoms with Crippen molar-refractivity contribution in [3.8, 4) is 0 Å². The second-order valence-electron chi connectivity index (χ2n) is 5.31. The average Bonchev–Trinajstić information content (AvgIpc) is 3.16. The molecule has 1 atom stereocenters. The molecule has 0 saturated heterocycles. The third kappa shape index (κ3) is 2.86. The van der Waals surface area contributed by atoms with Gasteiger partial charge < -0.3 is 14.6 Å². The molecule has 1 aliphatic rings. The van der Waals surface area contributed by atoms with Crippen molar-refractivity contribution in [1.82, 2.24) is 5.32 Å². The quantitative estimate of drug-likeness (QED) is 0.944. The molecule has 1 aromatic carbocycles. The molecule has 1 amide bonds. The minimum atomic E-state index is -1.07. The van der Waals surface area contributed by atoms with Crippen molar-refractivity contribution in [1.29, 1.82) is 0 Å². The maximum absolute atomic E-state index is 12.9. The molecule has 2 heterocycles. The molecule has 1 aromatic heterocycles. The van der Waals surface area contributed by atoms with Gasteiger partial charge >= 0.3 is 0 Å². The Morgan fingerprint density at radius 1 is 1.36 bits per heavy atom. The van der Waals surface area contributed by atoms with Gasteiger partial charge in [0.25, 0.3) is 5.91 Å². The highest BCUT2D eigenvalue weighted by Gasteiger charge is 2.42. The van der Waals surface area contributed by atoms with Crippen molar-refractivity contribution < 1.29 is 18.4 Å². The van der Waals surface area contributed by atoms with Crippen molar-refractivity contribution >= 4 is 11.6 Å². The summed E-state index contributed by atoms with van der Waals surface area (Å²) >= 11 is 0. The molecule has 0 fully saturated rings. The topological polar surface area (TPSA) is 63.8 Å². The van der Waals surface area contributed by atoms with Crippen LogP contribution in [-0.4, -0.2) is 17.2 Å². The van der Waals surface area contributed by atoms with Crippen LogP contribution >= 0.6 is 0 Å². The second kappa shape index (κ2) is 5.63. The van der Waals surface area contributed by atoms with E-state index in [4.69, 9.17) is 9.25 Å². The molecule has 6 heteroatoms. The fourth-order valence-corrected chi connectivity index (χ4v) is 2.23. The van der Waals surface area contributed by atoms with Gasteiger partial charge in [-0.05, 0) is 36.8 Å². The van der Waals surface area contributed by atoms with Gasteiger partial charge in [-0.3, -0.25) is 4.79 Å². The first-order chi connectivity index (χ1) is 10.6. The van der Waals surface area contributed by atoms with Crippen LogP contribution in [-0.2, 0) is 16.2 Å². The van der Waals surface area contributed by atoms with E-state index in [0.717, 1.165) is 5.56 Å². The van der Waals surface area contributed by atoms with Gasteiger partial charge in [-0.15, -0.1) is 0 Å². The van der Waals surface area contributed by atoms with E-state index < -0.39 is 5.60 Å². The van der Waals surface area contributed by atoms with Crippen LogP contribution in [0.1, 0.15) is 24.7 Å². The lowest BCUT2D eigenvalue weighted by Crippen LogP contribution is -2.44. The summed E-state index contributed by atoms with van der Waals surface area (Å²) < 4.78 is 18.1. The molecule has 0 saturated carbocycles. The molecule has 0 bridgehead atoms. The zero-order chi connectivity index (χ0) is 15.6. The van der Waals surface area contributed by atoms with Crippen molar-refractivity contribution in [2.24, 2.45) is 5.16 Å². The van der Waals surface area contributed by atoms with Crippen LogP contribution in [0.15, 0.2) is 52.2 Å². The van der Waals surface area contributed by atoms with Crippen molar-refractivity contribution in [3.05, 3.63) is 59.8 Å². The van der Waals surface area contributed by atoms with E-state index in [9.17, 15) is 9.18 Å². The number of oxime groups is 1. The number of furan rings is 1. The number of amides is 1. The normalized spacial score (nSPS) is 20.4. The summed E-state index contributed by atoms with van der Waals surface area (Å²) in [7, 11) is 0. The Balaban J connectivity index is 1.63. The van der Waals surface area contributed by atoms with Gasteiger partial charge in [-0.1, -0.05) is 17.3 Å². The van der Waals surface area contributed by atoms with Gasteiger partial charge in [0.1, 0.15) is 11.6 Å². The predicted octanol–water partition coefficient (Wildman–Crippen LogP) is 2.62. The van der Waals surface area contributed by atoms with E-state index in [-0.39, 0.29) is 18.3 Å². The maximum atomic E-state index is 12.9. The maximum Gasteiger partial charge on any atom is 0.267 e. The lowest BCUT2D eigenvalue weighted by atomic mass is 9.95. The van der Waals surface area contributed by atoms with Crippen LogP contribution < -0.4 is 5.32 Å². The molecular formula is C16H15FN2O3. The number of hydrogen-bond acceptors (Lipinski definition) is 4. The Kier molecular flexibility index (Phi) is 3.66.